The van der Waals surface area contributed by atoms with E-state index in [2.05, 4.69) is 5.32 Å². The summed E-state index contributed by atoms with van der Waals surface area (Å²) in [6, 6.07) is 7.61. The second kappa shape index (κ2) is 7.90. The van der Waals surface area contributed by atoms with Crippen LogP contribution in [0.15, 0.2) is 24.3 Å². The molecular weight excluding hydrogens is 252 g/mol. The summed E-state index contributed by atoms with van der Waals surface area (Å²) in [5, 5.41) is 3.04. The van der Waals surface area contributed by atoms with E-state index in [9.17, 15) is 4.79 Å². The van der Waals surface area contributed by atoms with Gasteiger partial charge in [0.05, 0.1) is 13.2 Å². The van der Waals surface area contributed by atoms with Crippen molar-refractivity contribution in [1.82, 2.24) is 5.32 Å². The predicted octanol–water partition coefficient (Wildman–Crippen LogP) is 2.64. The quantitative estimate of drug-likeness (QED) is 0.806. The van der Waals surface area contributed by atoms with Crippen LogP contribution in [0.25, 0.3) is 0 Å². The van der Waals surface area contributed by atoms with Gasteiger partial charge < -0.3 is 15.8 Å². The van der Waals surface area contributed by atoms with Crippen molar-refractivity contribution in [3.8, 4) is 5.75 Å². The molecule has 1 amide bonds. The maximum absolute atomic E-state index is 12.1. The van der Waals surface area contributed by atoms with Crippen molar-refractivity contribution in [3.63, 3.8) is 0 Å². The highest BCUT2D eigenvalue weighted by Gasteiger charge is 2.19. The van der Waals surface area contributed by atoms with Gasteiger partial charge in [0.25, 0.3) is 0 Å². The Kier molecular flexibility index (Phi) is 6.52. The lowest BCUT2D eigenvalue weighted by atomic mass is 10.00. The Labute approximate surface area is 121 Å². The predicted molar refractivity (Wildman–Crippen MR) is 81.6 cm³/mol. The van der Waals surface area contributed by atoms with Gasteiger partial charge >= 0.3 is 0 Å². The van der Waals surface area contributed by atoms with E-state index in [1.54, 1.807) is 7.11 Å². The van der Waals surface area contributed by atoms with E-state index < -0.39 is 0 Å². The number of para-hydroxylation sites is 1. The van der Waals surface area contributed by atoms with Crippen LogP contribution in [0.5, 0.6) is 5.75 Å². The number of carbonyl (C=O) groups excluding carboxylic acids is 1. The fraction of sp³-hybridized carbons (Fsp3) is 0.562. The highest BCUT2D eigenvalue weighted by atomic mass is 16.5. The van der Waals surface area contributed by atoms with Gasteiger partial charge in [0.15, 0.2) is 0 Å². The highest BCUT2D eigenvalue weighted by molar-refractivity contribution is 5.77. The molecule has 112 valence electrons. The first kappa shape index (κ1) is 16.5. The molecule has 20 heavy (non-hydrogen) atoms. The van der Waals surface area contributed by atoms with Crippen molar-refractivity contribution in [2.24, 2.45) is 11.7 Å². The fourth-order valence-electron chi connectivity index (χ4n) is 2.06. The standard InChI is InChI=1S/C16H26N2O2/c1-5-14(12-8-6-7-9-15(12)20-4)18-16(19)10-13(17)11(2)3/h6-9,11,13-14H,5,10,17H2,1-4H3,(H,18,19). The molecule has 0 heterocycles. The van der Waals surface area contributed by atoms with E-state index in [0.29, 0.717) is 12.3 Å². The lowest BCUT2D eigenvalue weighted by Gasteiger charge is -2.22. The summed E-state index contributed by atoms with van der Waals surface area (Å²) in [4.78, 5) is 12.1. The van der Waals surface area contributed by atoms with Crippen LogP contribution in [-0.4, -0.2) is 19.1 Å². The second-order valence-electron chi connectivity index (χ2n) is 5.38. The third kappa shape index (κ3) is 4.53. The molecule has 0 aliphatic heterocycles. The van der Waals surface area contributed by atoms with Crippen LogP contribution in [0, 0.1) is 5.92 Å². The van der Waals surface area contributed by atoms with E-state index in [-0.39, 0.29) is 18.0 Å². The minimum atomic E-state index is -0.106. The molecule has 4 heteroatoms. The molecule has 1 aromatic carbocycles. The second-order valence-corrected chi connectivity index (χ2v) is 5.38. The molecule has 0 spiro atoms. The summed E-state index contributed by atoms with van der Waals surface area (Å²) in [5.41, 5.74) is 6.95. The zero-order chi connectivity index (χ0) is 15.1. The zero-order valence-corrected chi connectivity index (χ0v) is 12.8. The number of hydrogen-bond donors (Lipinski definition) is 2. The molecular formula is C16H26N2O2. The average Bonchev–Trinajstić information content (AvgIpc) is 2.44. The molecule has 0 saturated carbocycles. The molecule has 4 nitrogen and oxygen atoms in total. The number of carbonyl (C=O) groups is 1. The third-order valence-corrected chi connectivity index (χ3v) is 3.54. The van der Waals surface area contributed by atoms with E-state index in [1.165, 1.54) is 0 Å². The first-order valence-electron chi connectivity index (χ1n) is 7.17. The number of methoxy groups -OCH3 is 1. The average molecular weight is 278 g/mol. The summed E-state index contributed by atoms with van der Waals surface area (Å²) >= 11 is 0. The normalized spacial score (nSPS) is 13.9. The van der Waals surface area contributed by atoms with Crippen molar-refractivity contribution in [2.75, 3.05) is 7.11 Å². The van der Waals surface area contributed by atoms with Gasteiger partial charge in [0, 0.05) is 18.0 Å². The Morgan fingerprint density at radius 3 is 2.55 bits per heavy atom. The van der Waals surface area contributed by atoms with Crippen LogP contribution >= 0.6 is 0 Å². The topological polar surface area (TPSA) is 64.4 Å². The van der Waals surface area contributed by atoms with Crippen LogP contribution in [-0.2, 0) is 4.79 Å². The Morgan fingerprint density at radius 1 is 1.35 bits per heavy atom. The zero-order valence-electron chi connectivity index (χ0n) is 12.8. The number of hydrogen-bond acceptors (Lipinski definition) is 3. The third-order valence-electron chi connectivity index (χ3n) is 3.54. The first-order chi connectivity index (χ1) is 9.49. The maximum Gasteiger partial charge on any atom is 0.222 e. The highest BCUT2D eigenvalue weighted by Crippen LogP contribution is 2.26. The molecule has 3 N–H and O–H groups in total. The number of nitrogens with one attached hydrogen (secondary N) is 1. The molecule has 0 saturated heterocycles. The minimum absolute atomic E-state index is 0.0102. The molecule has 2 unspecified atom stereocenters. The number of rotatable bonds is 7. The van der Waals surface area contributed by atoms with Crippen LogP contribution in [0.4, 0.5) is 0 Å². The lowest BCUT2D eigenvalue weighted by molar-refractivity contribution is -0.122. The van der Waals surface area contributed by atoms with Crippen molar-refractivity contribution in [3.05, 3.63) is 29.8 Å². The molecule has 0 aliphatic carbocycles. The van der Waals surface area contributed by atoms with Crippen molar-refractivity contribution < 1.29 is 9.53 Å². The van der Waals surface area contributed by atoms with Crippen molar-refractivity contribution in [2.45, 2.75) is 45.7 Å². The molecule has 1 aromatic rings. The molecule has 0 bridgehead atoms. The number of benzene rings is 1. The van der Waals surface area contributed by atoms with Crippen molar-refractivity contribution in [1.29, 1.82) is 0 Å². The summed E-state index contributed by atoms with van der Waals surface area (Å²) < 4.78 is 5.35. The monoisotopic (exact) mass is 278 g/mol. The van der Waals surface area contributed by atoms with Crippen molar-refractivity contribution >= 4 is 5.91 Å². The SMILES string of the molecule is CCC(NC(=O)CC(N)C(C)C)c1ccccc1OC. The smallest absolute Gasteiger partial charge is 0.222 e. The molecule has 0 aromatic heterocycles. The Morgan fingerprint density at radius 2 is 2.00 bits per heavy atom. The van der Waals surface area contributed by atoms with Gasteiger partial charge in [0.2, 0.25) is 5.91 Å². The Balaban J connectivity index is 2.74. The van der Waals surface area contributed by atoms with E-state index in [0.717, 1.165) is 17.7 Å². The summed E-state index contributed by atoms with van der Waals surface area (Å²) in [6.07, 6.45) is 1.16. The first-order valence-corrected chi connectivity index (χ1v) is 7.17. The van der Waals surface area contributed by atoms with Gasteiger partial charge in [-0.2, -0.15) is 0 Å². The number of nitrogens with two attached hydrogens (primary N) is 1. The van der Waals surface area contributed by atoms with Crippen LogP contribution in [0.1, 0.15) is 45.2 Å². The van der Waals surface area contributed by atoms with E-state index >= 15 is 0 Å². The fourth-order valence-corrected chi connectivity index (χ4v) is 2.06. The number of amides is 1. The molecule has 0 fully saturated rings. The van der Waals surface area contributed by atoms with Gasteiger partial charge in [-0.3, -0.25) is 4.79 Å². The lowest BCUT2D eigenvalue weighted by Crippen LogP contribution is -2.36. The summed E-state index contributed by atoms with van der Waals surface area (Å²) in [7, 11) is 1.64. The van der Waals surface area contributed by atoms with Crippen LogP contribution in [0.3, 0.4) is 0 Å². The summed E-state index contributed by atoms with van der Waals surface area (Å²) in [6.45, 7) is 6.09. The molecule has 1 rings (SSSR count). The van der Waals surface area contributed by atoms with Gasteiger partial charge in [-0.25, -0.2) is 0 Å². The Hall–Kier alpha value is -1.55. The number of ether oxygens (including phenoxy) is 1. The van der Waals surface area contributed by atoms with Gasteiger partial charge in [-0.05, 0) is 18.4 Å². The van der Waals surface area contributed by atoms with Gasteiger partial charge in [-0.1, -0.05) is 39.0 Å². The summed E-state index contributed by atoms with van der Waals surface area (Å²) in [5.74, 6) is 1.09. The van der Waals surface area contributed by atoms with E-state index in [1.807, 2.05) is 45.0 Å². The molecule has 2 atom stereocenters. The Bertz CT molecular complexity index is 432. The molecule has 0 radical (unpaired) electrons. The largest absolute Gasteiger partial charge is 0.496 e. The maximum atomic E-state index is 12.1. The van der Waals surface area contributed by atoms with Crippen LogP contribution < -0.4 is 15.8 Å². The van der Waals surface area contributed by atoms with Gasteiger partial charge in [0.1, 0.15) is 5.75 Å². The van der Waals surface area contributed by atoms with Gasteiger partial charge in [-0.15, -0.1) is 0 Å². The minimum Gasteiger partial charge on any atom is -0.496 e. The molecule has 0 aliphatic rings. The van der Waals surface area contributed by atoms with E-state index in [4.69, 9.17) is 10.5 Å². The van der Waals surface area contributed by atoms with Crippen LogP contribution in [0.2, 0.25) is 0 Å².